The molecular formula is C16H10K2N2O8S2. The van der Waals surface area contributed by atoms with E-state index < -0.39 is 41.6 Å². The Morgan fingerprint density at radius 1 is 0.867 bits per heavy atom. The number of aliphatic imine (C=N–C) groups is 1. The Balaban J connectivity index is 0.00000160. The van der Waals surface area contributed by atoms with E-state index in [0.29, 0.717) is 0 Å². The SMILES string of the molecule is O=C1C(c2[nH]c3ccc(S(=O)(=O)O)cc3c2O)=Nc2ccc(S(=O)(=O)O)cc21.[K].[K]. The molecular weight excluding hydrogens is 491 g/mol. The second-order valence-corrected chi connectivity index (χ2v) is 8.82. The van der Waals surface area contributed by atoms with E-state index in [1.54, 1.807) is 0 Å². The largest absolute Gasteiger partial charge is 0.505 e. The number of hydrogen-bond acceptors (Lipinski definition) is 7. The molecule has 30 heavy (non-hydrogen) atoms. The molecule has 0 fully saturated rings. The first-order valence-corrected chi connectivity index (χ1v) is 10.4. The van der Waals surface area contributed by atoms with E-state index in [1.807, 2.05) is 0 Å². The van der Waals surface area contributed by atoms with Crippen molar-refractivity contribution in [2.75, 3.05) is 0 Å². The molecule has 2 radical (unpaired) electrons. The second-order valence-electron chi connectivity index (χ2n) is 5.97. The fourth-order valence-electron chi connectivity index (χ4n) is 2.91. The molecule has 0 saturated carbocycles. The summed E-state index contributed by atoms with van der Waals surface area (Å²) in [6.07, 6.45) is 0. The van der Waals surface area contributed by atoms with Gasteiger partial charge in [0, 0.05) is 114 Å². The number of aromatic amines is 1. The average Bonchev–Trinajstić information content (AvgIpc) is 3.10. The van der Waals surface area contributed by atoms with Crippen LogP contribution in [0.2, 0.25) is 0 Å². The van der Waals surface area contributed by atoms with Gasteiger partial charge in [0.2, 0.25) is 5.78 Å². The van der Waals surface area contributed by atoms with Crippen LogP contribution in [0, 0.1) is 0 Å². The first kappa shape index (κ1) is 26.5. The smallest absolute Gasteiger partial charge is 0.294 e. The van der Waals surface area contributed by atoms with Gasteiger partial charge in [0.1, 0.15) is 11.4 Å². The van der Waals surface area contributed by atoms with Gasteiger partial charge in [0.15, 0.2) is 5.75 Å². The van der Waals surface area contributed by atoms with Crippen LogP contribution in [0.25, 0.3) is 10.9 Å². The molecule has 4 N–H and O–H groups in total. The summed E-state index contributed by atoms with van der Waals surface area (Å²) in [7, 11) is -9.02. The van der Waals surface area contributed by atoms with Crippen molar-refractivity contribution in [2.24, 2.45) is 4.99 Å². The fraction of sp³-hybridized carbons (Fsp3) is 0. The molecule has 0 unspecified atom stereocenters. The third kappa shape index (κ3) is 4.77. The van der Waals surface area contributed by atoms with E-state index in [0.717, 1.165) is 24.3 Å². The number of hydrogen-bond donors (Lipinski definition) is 4. The monoisotopic (exact) mass is 500 g/mol. The zero-order valence-electron chi connectivity index (χ0n) is 15.6. The minimum absolute atomic E-state index is 0. The van der Waals surface area contributed by atoms with Crippen LogP contribution in [-0.4, -0.2) is 150 Å². The maximum absolute atomic E-state index is 12.7. The molecule has 2 aromatic carbocycles. The third-order valence-corrected chi connectivity index (χ3v) is 5.93. The third-order valence-electron chi connectivity index (χ3n) is 4.24. The van der Waals surface area contributed by atoms with Gasteiger partial charge in [-0.3, -0.25) is 13.9 Å². The molecule has 146 valence electrons. The average molecular weight is 501 g/mol. The predicted octanol–water partition coefficient (Wildman–Crippen LogP) is 0.922. The minimum atomic E-state index is -4.52. The molecule has 0 bridgehead atoms. The fourth-order valence-corrected chi connectivity index (χ4v) is 3.93. The molecule has 0 atom stereocenters. The normalized spacial score (nSPS) is 13.4. The number of benzene rings is 2. The summed E-state index contributed by atoms with van der Waals surface area (Å²) in [5.41, 5.74) is 0.0255. The van der Waals surface area contributed by atoms with Crippen molar-refractivity contribution < 1.29 is 35.8 Å². The first-order chi connectivity index (χ1) is 13.0. The van der Waals surface area contributed by atoms with Crippen LogP contribution < -0.4 is 0 Å². The molecule has 0 saturated heterocycles. The van der Waals surface area contributed by atoms with Crippen LogP contribution in [0.15, 0.2) is 51.2 Å². The molecule has 0 amide bonds. The van der Waals surface area contributed by atoms with E-state index in [4.69, 9.17) is 9.11 Å². The number of aromatic nitrogens is 1. The number of carbonyl (C=O) groups excluding carboxylic acids is 1. The molecule has 14 heteroatoms. The molecule has 0 aliphatic carbocycles. The van der Waals surface area contributed by atoms with E-state index in [2.05, 4.69) is 9.98 Å². The van der Waals surface area contributed by atoms with Crippen molar-refractivity contribution in [3.8, 4) is 5.75 Å². The van der Waals surface area contributed by atoms with Crippen LogP contribution >= 0.6 is 0 Å². The Morgan fingerprint density at radius 3 is 2.03 bits per heavy atom. The van der Waals surface area contributed by atoms with Gasteiger partial charge in [0.25, 0.3) is 20.2 Å². The summed E-state index contributed by atoms with van der Waals surface area (Å²) < 4.78 is 63.4. The standard InChI is InChI=1S/C16H10N2O8S2.2K/c19-15-9-5-7(27(21,22)23)1-3-11(9)17-13(15)14-16(20)10-6-8(28(24,25)26)2-4-12(10)18-14;;/h1-6,17,19H,(H,21,22,23)(H,24,25,26);;. The Labute approximate surface area is 255 Å². The number of nitrogens with zero attached hydrogens (tertiary/aromatic N) is 1. The Kier molecular flexibility index (Phi) is 8.14. The van der Waals surface area contributed by atoms with Crippen LogP contribution in [0.4, 0.5) is 5.69 Å². The number of aromatic hydroxyl groups is 1. The Hall–Kier alpha value is 0.213. The van der Waals surface area contributed by atoms with Crippen molar-refractivity contribution in [2.45, 2.75) is 9.79 Å². The van der Waals surface area contributed by atoms with Crippen LogP contribution in [0.1, 0.15) is 16.1 Å². The Morgan fingerprint density at radius 2 is 1.43 bits per heavy atom. The molecule has 1 aliphatic heterocycles. The number of fused-ring (bicyclic) bond motifs is 2. The van der Waals surface area contributed by atoms with Crippen molar-refractivity contribution in [1.82, 2.24) is 4.98 Å². The number of Topliss-reactive ketones (excluding diaryl/α,β-unsaturated/α-hetero) is 1. The summed E-state index contributed by atoms with van der Waals surface area (Å²) in [4.78, 5) is 18.6. The number of ketones is 1. The summed E-state index contributed by atoms with van der Waals surface area (Å²) in [6.45, 7) is 0. The summed E-state index contributed by atoms with van der Waals surface area (Å²) >= 11 is 0. The number of H-pyrrole nitrogens is 1. The van der Waals surface area contributed by atoms with Gasteiger partial charge in [-0.25, -0.2) is 4.99 Å². The van der Waals surface area contributed by atoms with Crippen molar-refractivity contribution >= 4 is 151 Å². The number of nitrogens with one attached hydrogen (secondary N) is 1. The van der Waals surface area contributed by atoms with Gasteiger partial charge < -0.3 is 10.1 Å². The quantitative estimate of drug-likeness (QED) is 0.303. The summed E-state index contributed by atoms with van der Waals surface area (Å²) in [6, 6.07) is 6.73. The second kappa shape index (κ2) is 9.22. The van der Waals surface area contributed by atoms with Gasteiger partial charge in [-0.1, -0.05) is 0 Å². The summed E-state index contributed by atoms with van der Waals surface area (Å²) in [5, 5.41) is 10.5. The van der Waals surface area contributed by atoms with Crippen LogP contribution in [-0.2, 0) is 20.2 Å². The topological polar surface area (TPSA) is 174 Å². The maximum atomic E-state index is 12.7. The van der Waals surface area contributed by atoms with Gasteiger partial charge in [-0.05, 0) is 36.4 Å². The molecule has 3 aromatic rings. The van der Waals surface area contributed by atoms with Crippen LogP contribution in [0.3, 0.4) is 0 Å². The number of rotatable bonds is 3. The molecule has 10 nitrogen and oxygen atoms in total. The predicted molar refractivity (Wildman–Crippen MR) is 108 cm³/mol. The van der Waals surface area contributed by atoms with E-state index in [9.17, 15) is 26.7 Å². The van der Waals surface area contributed by atoms with E-state index in [-0.39, 0.29) is 136 Å². The molecule has 2 heterocycles. The number of carbonyl (C=O) groups is 1. The molecule has 1 aliphatic rings. The summed E-state index contributed by atoms with van der Waals surface area (Å²) in [5.74, 6) is -1.16. The zero-order chi connectivity index (χ0) is 20.4. The van der Waals surface area contributed by atoms with Gasteiger partial charge >= 0.3 is 0 Å². The Bertz CT molecular complexity index is 1440. The van der Waals surface area contributed by atoms with Gasteiger partial charge in [0.05, 0.1) is 21.0 Å². The van der Waals surface area contributed by atoms with Gasteiger partial charge in [-0.15, -0.1) is 0 Å². The van der Waals surface area contributed by atoms with E-state index in [1.165, 1.54) is 12.1 Å². The van der Waals surface area contributed by atoms with Crippen molar-refractivity contribution in [3.63, 3.8) is 0 Å². The van der Waals surface area contributed by atoms with Crippen molar-refractivity contribution in [1.29, 1.82) is 0 Å². The zero-order valence-corrected chi connectivity index (χ0v) is 23.5. The van der Waals surface area contributed by atoms with Crippen LogP contribution in [0.5, 0.6) is 5.75 Å². The first-order valence-electron chi connectivity index (χ1n) is 7.54. The molecule has 4 rings (SSSR count). The molecule has 1 aromatic heterocycles. The van der Waals surface area contributed by atoms with Gasteiger partial charge in [-0.2, -0.15) is 16.8 Å². The maximum Gasteiger partial charge on any atom is 0.294 e. The van der Waals surface area contributed by atoms with E-state index >= 15 is 0 Å². The van der Waals surface area contributed by atoms with Crippen molar-refractivity contribution in [3.05, 3.63) is 47.7 Å². The minimum Gasteiger partial charge on any atom is -0.505 e. The molecule has 0 spiro atoms.